The molecule has 0 N–H and O–H groups in total. The maximum Gasteiger partial charge on any atom is 0.319 e. The second-order valence-corrected chi connectivity index (χ2v) is 4.03. The zero-order valence-corrected chi connectivity index (χ0v) is 7.88. The summed E-state index contributed by atoms with van der Waals surface area (Å²) >= 11 is 1.58. The van der Waals surface area contributed by atoms with E-state index in [0.717, 1.165) is 17.9 Å². The summed E-state index contributed by atoms with van der Waals surface area (Å²) in [5.74, 6) is 1.56. The summed E-state index contributed by atoms with van der Waals surface area (Å²) in [6.07, 6.45) is 2.47. The van der Waals surface area contributed by atoms with Crippen LogP contribution >= 0.6 is 11.8 Å². The lowest BCUT2D eigenvalue weighted by atomic mass is 10.4. The largest absolute Gasteiger partial charge is 0.468 e. The van der Waals surface area contributed by atoms with Crippen LogP contribution in [-0.2, 0) is 15.3 Å². The number of cyclic esters (lactones) is 1. The molecule has 1 atom stereocenters. The first-order valence-corrected chi connectivity index (χ1v) is 5.22. The lowest BCUT2D eigenvalue weighted by molar-refractivity contribution is -0.137. The van der Waals surface area contributed by atoms with E-state index >= 15 is 0 Å². The van der Waals surface area contributed by atoms with Gasteiger partial charge < -0.3 is 9.15 Å². The van der Waals surface area contributed by atoms with Crippen molar-refractivity contribution in [2.75, 3.05) is 6.61 Å². The molecule has 0 amide bonds. The van der Waals surface area contributed by atoms with Gasteiger partial charge in [-0.25, -0.2) is 0 Å². The molecule has 3 nitrogen and oxygen atoms in total. The lowest BCUT2D eigenvalue weighted by Crippen LogP contribution is -2.09. The van der Waals surface area contributed by atoms with Gasteiger partial charge in [-0.3, -0.25) is 4.79 Å². The molecule has 1 fully saturated rings. The van der Waals surface area contributed by atoms with Crippen LogP contribution in [0.3, 0.4) is 0 Å². The van der Waals surface area contributed by atoms with Crippen molar-refractivity contribution in [1.82, 2.24) is 0 Å². The van der Waals surface area contributed by atoms with Gasteiger partial charge in [0.25, 0.3) is 0 Å². The Morgan fingerprint density at radius 1 is 1.62 bits per heavy atom. The van der Waals surface area contributed by atoms with Crippen molar-refractivity contribution in [1.29, 1.82) is 0 Å². The van der Waals surface area contributed by atoms with Crippen molar-refractivity contribution in [3.05, 3.63) is 24.2 Å². The number of hydrogen-bond acceptors (Lipinski definition) is 4. The highest BCUT2D eigenvalue weighted by atomic mass is 32.2. The van der Waals surface area contributed by atoms with Crippen molar-refractivity contribution in [3.63, 3.8) is 0 Å². The molecule has 0 aromatic carbocycles. The van der Waals surface area contributed by atoms with Gasteiger partial charge in [-0.15, -0.1) is 11.8 Å². The summed E-state index contributed by atoms with van der Waals surface area (Å²) in [6, 6.07) is 3.76. The van der Waals surface area contributed by atoms with Crippen molar-refractivity contribution in [2.45, 2.75) is 17.4 Å². The van der Waals surface area contributed by atoms with Crippen molar-refractivity contribution < 1.29 is 13.9 Å². The molecule has 1 unspecified atom stereocenters. The van der Waals surface area contributed by atoms with E-state index in [4.69, 9.17) is 9.15 Å². The predicted octanol–water partition coefficient (Wildman–Crippen LogP) is 1.83. The van der Waals surface area contributed by atoms with Gasteiger partial charge in [-0.05, 0) is 12.1 Å². The average molecular weight is 198 g/mol. The highest BCUT2D eigenvalue weighted by molar-refractivity contribution is 7.99. The Balaban J connectivity index is 1.82. The molecule has 0 radical (unpaired) electrons. The number of carbonyl (C=O) groups is 1. The van der Waals surface area contributed by atoms with E-state index in [2.05, 4.69) is 0 Å². The molecular formula is C9H10O3S. The number of ether oxygens (including phenoxy) is 1. The highest BCUT2D eigenvalue weighted by Crippen LogP contribution is 2.25. The third kappa shape index (κ3) is 2.06. The molecule has 13 heavy (non-hydrogen) atoms. The maximum absolute atomic E-state index is 11.1. The van der Waals surface area contributed by atoms with E-state index in [-0.39, 0.29) is 11.2 Å². The van der Waals surface area contributed by atoms with E-state index in [1.165, 1.54) is 0 Å². The highest BCUT2D eigenvalue weighted by Gasteiger charge is 2.26. The van der Waals surface area contributed by atoms with E-state index in [1.54, 1.807) is 18.0 Å². The second-order valence-electron chi connectivity index (χ2n) is 2.84. The topological polar surface area (TPSA) is 39.4 Å². The van der Waals surface area contributed by atoms with E-state index in [0.29, 0.717) is 6.61 Å². The predicted molar refractivity (Wildman–Crippen MR) is 49.4 cm³/mol. The van der Waals surface area contributed by atoms with Crippen molar-refractivity contribution >= 4 is 17.7 Å². The fourth-order valence-electron chi connectivity index (χ4n) is 1.21. The first kappa shape index (κ1) is 8.69. The van der Waals surface area contributed by atoms with E-state index < -0.39 is 0 Å². The van der Waals surface area contributed by atoms with Crippen LogP contribution in [0.25, 0.3) is 0 Å². The summed E-state index contributed by atoms with van der Waals surface area (Å²) < 4.78 is 10.0. The summed E-state index contributed by atoms with van der Waals surface area (Å²) in [4.78, 5) is 11.1. The summed E-state index contributed by atoms with van der Waals surface area (Å²) in [7, 11) is 0. The minimum absolute atomic E-state index is 0.00472. The van der Waals surface area contributed by atoms with Gasteiger partial charge in [0.1, 0.15) is 11.0 Å². The molecule has 70 valence electrons. The molecule has 4 heteroatoms. The fraction of sp³-hybridized carbons (Fsp3) is 0.444. The molecule has 2 rings (SSSR count). The minimum Gasteiger partial charge on any atom is -0.468 e. The van der Waals surface area contributed by atoms with Gasteiger partial charge in [-0.2, -0.15) is 0 Å². The second kappa shape index (κ2) is 3.87. The molecule has 1 aromatic rings. The maximum atomic E-state index is 11.1. The molecule has 2 heterocycles. The van der Waals surface area contributed by atoms with E-state index in [9.17, 15) is 4.79 Å². The first-order chi connectivity index (χ1) is 6.36. The molecule has 0 spiro atoms. The van der Waals surface area contributed by atoms with Crippen LogP contribution in [0.5, 0.6) is 0 Å². The molecule has 1 aliphatic heterocycles. The van der Waals surface area contributed by atoms with Crippen LogP contribution in [0.15, 0.2) is 22.8 Å². The Morgan fingerprint density at radius 2 is 2.54 bits per heavy atom. The van der Waals surface area contributed by atoms with Crippen molar-refractivity contribution in [3.8, 4) is 0 Å². The molecule has 1 aromatic heterocycles. The number of rotatable bonds is 3. The molecule has 1 aliphatic rings. The Bertz CT molecular complexity index is 281. The summed E-state index contributed by atoms with van der Waals surface area (Å²) in [5, 5.41) is 0.00472. The monoisotopic (exact) mass is 198 g/mol. The molecule has 0 saturated carbocycles. The summed E-state index contributed by atoms with van der Waals surface area (Å²) in [6.45, 7) is 0.564. The van der Waals surface area contributed by atoms with Gasteiger partial charge in [-0.1, -0.05) is 0 Å². The van der Waals surface area contributed by atoms with Gasteiger partial charge in [0.05, 0.1) is 18.6 Å². The van der Waals surface area contributed by atoms with Crippen LogP contribution in [-0.4, -0.2) is 17.8 Å². The Kier molecular flexibility index (Phi) is 2.59. The van der Waals surface area contributed by atoms with Gasteiger partial charge in [0.2, 0.25) is 0 Å². The van der Waals surface area contributed by atoms with Crippen LogP contribution < -0.4 is 0 Å². The zero-order valence-electron chi connectivity index (χ0n) is 7.06. The Hall–Kier alpha value is -0.900. The van der Waals surface area contributed by atoms with Gasteiger partial charge >= 0.3 is 5.97 Å². The Labute approximate surface area is 80.4 Å². The SMILES string of the molecule is O=C1OCCC1SCc1ccco1. The third-order valence-corrected chi connectivity index (χ3v) is 3.18. The first-order valence-electron chi connectivity index (χ1n) is 4.17. The van der Waals surface area contributed by atoms with E-state index in [1.807, 2.05) is 12.1 Å². The van der Waals surface area contributed by atoms with Crippen LogP contribution in [0.1, 0.15) is 12.2 Å². The number of carbonyl (C=O) groups excluding carboxylic acids is 1. The third-order valence-electron chi connectivity index (χ3n) is 1.89. The number of hydrogen-bond donors (Lipinski definition) is 0. The van der Waals surface area contributed by atoms with Gasteiger partial charge in [0.15, 0.2) is 0 Å². The minimum atomic E-state index is -0.0865. The molecule has 1 saturated heterocycles. The van der Waals surface area contributed by atoms with Crippen LogP contribution in [0, 0.1) is 0 Å². The van der Waals surface area contributed by atoms with Gasteiger partial charge in [0, 0.05) is 6.42 Å². The summed E-state index contributed by atoms with van der Waals surface area (Å²) in [5.41, 5.74) is 0. The quantitative estimate of drug-likeness (QED) is 0.694. The molecule has 0 aliphatic carbocycles. The smallest absolute Gasteiger partial charge is 0.319 e. The molecular weight excluding hydrogens is 188 g/mol. The lowest BCUT2D eigenvalue weighted by Gasteiger charge is -2.02. The van der Waals surface area contributed by atoms with Crippen LogP contribution in [0.4, 0.5) is 0 Å². The standard InChI is InChI=1S/C9H10O3S/c10-9-8(3-5-12-9)13-6-7-2-1-4-11-7/h1-2,4,8H,3,5-6H2. The Morgan fingerprint density at radius 3 is 3.15 bits per heavy atom. The normalized spacial score (nSPS) is 21.8. The number of thioether (sulfide) groups is 1. The number of esters is 1. The van der Waals surface area contributed by atoms with Crippen LogP contribution in [0.2, 0.25) is 0 Å². The average Bonchev–Trinajstić information content (AvgIpc) is 2.72. The van der Waals surface area contributed by atoms with Crippen molar-refractivity contribution in [2.24, 2.45) is 0 Å². The fourth-order valence-corrected chi connectivity index (χ4v) is 2.20. The zero-order chi connectivity index (χ0) is 9.10. The molecule has 0 bridgehead atoms. The number of furan rings is 1.